The van der Waals surface area contributed by atoms with Crippen LogP contribution in [0.5, 0.6) is 0 Å². The zero-order chi connectivity index (χ0) is 17.8. The minimum atomic E-state index is -0.332. The molecule has 1 aromatic carbocycles. The van der Waals surface area contributed by atoms with Crippen molar-refractivity contribution in [3.63, 3.8) is 0 Å². The maximum absolute atomic E-state index is 13.1. The monoisotopic (exact) mass is 342 g/mol. The first-order valence-electron chi connectivity index (χ1n) is 8.12. The van der Waals surface area contributed by atoms with E-state index in [-0.39, 0.29) is 17.4 Å². The summed E-state index contributed by atoms with van der Waals surface area (Å²) in [5, 5.41) is 10.5. The van der Waals surface area contributed by atoms with Gasteiger partial charge in [-0.05, 0) is 43.8 Å². The van der Waals surface area contributed by atoms with Crippen LogP contribution in [0.25, 0.3) is 22.4 Å². The maximum Gasteiger partial charge on any atom is 0.259 e. The number of nitrogens with one attached hydrogen (secondary N) is 2. The van der Waals surface area contributed by atoms with Gasteiger partial charge < -0.3 is 15.2 Å². The van der Waals surface area contributed by atoms with Crippen LogP contribution in [0.15, 0.2) is 34.9 Å². The summed E-state index contributed by atoms with van der Waals surface area (Å²) in [4.78, 5) is 17.0. The van der Waals surface area contributed by atoms with E-state index < -0.39 is 0 Å². The van der Waals surface area contributed by atoms with E-state index in [1.807, 2.05) is 6.92 Å². The second-order valence-corrected chi connectivity index (χ2v) is 5.62. The van der Waals surface area contributed by atoms with E-state index in [1.54, 1.807) is 25.1 Å². The minimum absolute atomic E-state index is 0.222. The molecule has 0 radical (unpaired) electrons. The average molecular weight is 342 g/mol. The Bertz CT molecular complexity index is 890. The van der Waals surface area contributed by atoms with Crippen molar-refractivity contribution in [3.05, 3.63) is 47.4 Å². The zero-order valence-electron chi connectivity index (χ0n) is 14.1. The molecule has 0 saturated heterocycles. The van der Waals surface area contributed by atoms with E-state index in [0.29, 0.717) is 41.0 Å². The number of likely N-dealkylation sites (N-methyl/N-ethyl adjacent to an activating group) is 1. The van der Waals surface area contributed by atoms with Crippen molar-refractivity contribution in [2.75, 3.05) is 19.6 Å². The summed E-state index contributed by atoms with van der Waals surface area (Å²) in [5.74, 6) is -0.554. The number of rotatable bonds is 6. The molecule has 0 fully saturated rings. The molecule has 25 heavy (non-hydrogen) atoms. The van der Waals surface area contributed by atoms with E-state index in [0.717, 1.165) is 6.54 Å². The molecule has 0 unspecified atom stereocenters. The van der Waals surface area contributed by atoms with Crippen LogP contribution < -0.4 is 10.6 Å². The van der Waals surface area contributed by atoms with Gasteiger partial charge in [-0.25, -0.2) is 9.37 Å². The van der Waals surface area contributed by atoms with Crippen LogP contribution >= 0.6 is 0 Å². The summed E-state index contributed by atoms with van der Waals surface area (Å²) in [6.07, 6.45) is 0. The highest BCUT2D eigenvalue weighted by atomic mass is 19.1. The molecule has 1 amide bonds. The van der Waals surface area contributed by atoms with E-state index in [1.165, 1.54) is 12.1 Å². The Kier molecular flexibility index (Phi) is 5.04. The number of hydrogen-bond donors (Lipinski definition) is 2. The molecule has 3 rings (SSSR count). The van der Waals surface area contributed by atoms with Crippen LogP contribution in [0.3, 0.4) is 0 Å². The van der Waals surface area contributed by atoms with Crippen LogP contribution in [0, 0.1) is 12.7 Å². The van der Waals surface area contributed by atoms with Crippen LogP contribution in [0.4, 0.5) is 4.39 Å². The van der Waals surface area contributed by atoms with Gasteiger partial charge in [-0.1, -0.05) is 12.1 Å². The van der Waals surface area contributed by atoms with Gasteiger partial charge in [-0.3, -0.25) is 4.79 Å². The number of amides is 1. The first-order chi connectivity index (χ1) is 12.1. The van der Waals surface area contributed by atoms with E-state index >= 15 is 0 Å². The van der Waals surface area contributed by atoms with Gasteiger partial charge in [0.2, 0.25) is 0 Å². The molecular weight excluding hydrogens is 323 g/mol. The van der Waals surface area contributed by atoms with Gasteiger partial charge in [0, 0.05) is 18.7 Å². The lowest BCUT2D eigenvalue weighted by molar-refractivity contribution is 0.0955. The summed E-state index contributed by atoms with van der Waals surface area (Å²) >= 11 is 0. The second kappa shape index (κ2) is 7.40. The summed E-state index contributed by atoms with van der Waals surface area (Å²) < 4.78 is 18.4. The van der Waals surface area contributed by atoms with Gasteiger partial charge in [0.1, 0.15) is 5.82 Å². The van der Waals surface area contributed by atoms with Crippen molar-refractivity contribution in [3.8, 4) is 11.3 Å². The molecule has 7 heteroatoms. The highest BCUT2D eigenvalue weighted by Gasteiger charge is 2.19. The third-order valence-corrected chi connectivity index (χ3v) is 3.84. The molecule has 2 N–H and O–H groups in total. The number of benzene rings is 1. The quantitative estimate of drug-likeness (QED) is 0.673. The molecular formula is C18H19FN4O2. The number of aromatic nitrogens is 2. The predicted octanol–water partition coefficient (Wildman–Crippen LogP) is 2.68. The predicted molar refractivity (Wildman–Crippen MR) is 92.8 cm³/mol. The van der Waals surface area contributed by atoms with E-state index in [4.69, 9.17) is 4.52 Å². The van der Waals surface area contributed by atoms with Crippen molar-refractivity contribution in [1.82, 2.24) is 20.8 Å². The molecule has 0 aliphatic carbocycles. The summed E-state index contributed by atoms with van der Waals surface area (Å²) in [6, 6.07) is 7.60. The van der Waals surface area contributed by atoms with Crippen molar-refractivity contribution in [2.24, 2.45) is 0 Å². The van der Waals surface area contributed by atoms with Gasteiger partial charge in [-0.2, -0.15) is 0 Å². The Morgan fingerprint density at radius 1 is 1.24 bits per heavy atom. The van der Waals surface area contributed by atoms with Crippen LogP contribution in [0.1, 0.15) is 23.0 Å². The van der Waals surface area contributed by atoms with Crippen molar-refractivity contribution in [2.45, 2.75) is 13.8 Å². The smallest absolute Gasteiger partial charge is 0.259 e. The van der Waals surface area contributed by atoms with Gasteiger partial charge in [0.25, 0.3) is 11.6 Å². The Balaban J connectivity index is 1.98. The molecule has 6 nitrogen and oxygen atoms in total. The molecule has 0 saturated carbocycles. The lowest BCUT2D eigenvalue weighted by Gasteiger charge is -2.08. The summed E-state index contributed by atoms with van der Waals surface area (Å²) in [5.41, 5.74) is 2.56. The molecule has 0 aliphatic heterocycles. The lowest BCUT2D eigenvalue weighted by atomic mass is 10.1. The molecule has 0 aliphatic rings. The van der Waals surface area contributed by atoms with Crippen LogP contribution in [0.2, 0.25) is 0 Å². The number of carbonyl (C=O) groups is 1. The fraction of sp³-hybridized carbons (Fsp3) is 0.278. The largest absolute Gasteiger partial charge is 0.351 e. The SMILES string of the molecule is CCNCCNC(=O)c1cc(-c2ccc(F)cc2)nc2onc(C)c12. The molecule has 130 valence electrons. The fourth-order valence-corrected chi connectivity index (χ4v) is 2.58. The van der Waals surface area contributed by atoms with Gasteiger partial charge in [-0.15, -0.1) is 0 Å². The van der Waals surface area contributed by atoms with E-state index in [2.05, 4.69) is 20.8 Å². The van der Waals surface area contributed by atoms with Crippen molar-refractivity contribution >= 4 is 17.0 Å². The Hall–Kier alpha value is -2.80. The number of carbonyl (C=O) groups excluding carboxylic acids is 1. The Labute approximate surface area is 144 Å². The summed E-state index contributed by atoms with van der Waals surface area (Å²) in [7, 11) is 0. The second-order valence-electron chi connectivity index (χ2n) is 5.62. The maximum atomic E-state index is 13.1. The molecule has 0 spiro atoms. The average Bonchev–Trinajstić information content (AvgIpc) is 2.99. The Morgan fingerprint density at radius 3 is 2.72 bits per heavy atom. The minimum Gasteiger partial charge on any atom is -0.351 e. The first kappa shape index (κ1) is 17.0. The molecule has 0 atom stereocenters. The van der Waals surface area contributed by atoms with Crippen molar-refractivity contribution in [1.29, 1.82) is 0 Å². The zero-order valence-corrected chi connectivity index (χ0v) is 14.1. The Morgan fingerprint density at radius 2 is 2.00 bits per heavy atom. The molecule has 0 bridgehead atoms. The first-order valence-corrected chi connectivity index (χ1v) is 8.12. The number of aryl methyl sites for hydroxylation is 1. The number of nitrogens with zero attached hydrogens (tertiary/aromatic N) is 2. The highest BCUT2D eigenvalue weighted by molar-refractivity contribution is 6.06. The van der Waals surface area contributed by atoms with Gasteiger partial charge >= 0.3 is 0 Å². The van der Waals surface area contributed by atoms with Gasteiger partial charge in [0.15, 0.2) is 0 Å². The third kappa shape index (κ3) is 3.66. The van der Waals surface area contributed by atoms with Crippen molar-refractivity contribution < 1.29 is 13.7 Å². The van der Waals surface area contributed by atoms with E-state index in [9.17, 15) is 9.18 Å². The van der Waals surface area contributed by atoms with Gasteiger partial charge in [0.05, 0.1) is 22.3 Å². The number of fused-ring (bicyclic) bond motifs is 1. The topological polar surface area (TPSA) is 80.0 Å². The van der Waals surface area contributed by atoms with Crippen LogP contribution in [-0.2, 0) is 0 Å². The number of hydrogen-bond acceptors (Lipinski definition) is 5. The third-order valence-electron chi connectivity index (χ3n) is 3.84. The van der Waals surface area contributed by atoms with Crippen LogP contribution in [-0.4, -0.2) is 35.7 Å². The number of pyridine rings is 1. The standard InChI is InChI=1S/C18H19FN4O2/c1-3-20-8-9-21-17(24)14-10-15(12-4-6-13(19)7-5-12)22-18-16(14)11(2)23-25-18/h4-7,10,20H,3,8-9H2,1-2H3,(H,21,24). The lowest BCUT2D eigenvalue weighted by Crippen LogP contribution is -2.31. The molecule has 3 aromatic rings. The molecule has 2 aromatic heterocycles. The fourth-order valence-electron chi connectivity index (χ4n) is 2.58. The summed E-state index contributed by atoms with van der Waals surface area (Å²) in [6.45, 7) is 5.80. The molecule has 2 heterocycles. The number of halogens is 1. The highest BCUT2D eigenvalue weighted by Crippen LogP contribution is 2.27. The normalized spacial score (nSPS) is 11.0.